The average molecular weight is 303 g/mol. The van der Waals surface area contributed by atoms with Gasteiger partial charge in [0.15, 0.2) is 0 Å². The number of nitrogens with one attached hydrogen (secondary N) is 1. The fourth-order valence-corrected chi connectivity index (χ4v) is 3.20. The van der Waals surface area contributed by atoms with E-state index in [0.29, 0.717) is 19.0 Å². The number of nitrogens with zero attached hydrogens (tertiary/aromatic N) is 1. The number of rotatable bonds is 6. The largest absolute Gasteiger partial charge is 0.351 e. The normalized spacial score (nSPS) is 17.1. The van der Waals surface area contributed by atoms with Crippen molar-refractivity contribution in [1.29, 1.82) is 0 Å². The zero-order valence-corrected chi connectivity index (χ0v) is 13.2. The van der Waals surface area contributed by atoms with Crippen molar-refractivity contribution < 1.29 is 9.59 Å². The molecular weight excluding hydrogens is 278 g/mol. The van der Waals surface area contributed by atoms with E-state index in [2.05, 4.69) is 41.4 Å². The molecule has 2 rings (SSSR count). The molecule has 22 heavy (non-hydrogen) atoms. The number of hydrogen-bond acceptors (Lipinski definition) is 3. The SMILES string of the molecule is CCCN(CCC(=O)NC(N)=O)C1CCc2ccccc2C1. The molecule has 5 heteroatoms. The Morgan fingerprint density at radius 3 is 2.68 bits per heavy atom. The van der Waals surface area contributed by atoms with Gasteiger partial charge in [-0.2, -0.15) is 0 Å². The number of fused-ring (bicyclic) bond motifs is 1. The maximum atomic E-state index is 11.6. The van der Waals surface area contributed by atoms with Crippen molar-refractivity contribution >= 4 is 11.9 Å². The predicted molar refractivity (Wildman–Crippen MR) is 86.5 cm³/mol. The molecule has 1 atom stereocenters. The van der Waals surface area contributed by atoms with Crippen LogP contribution in [0.15, 0.2) is 24.3 Å². The van der Waals surface area contributed by atoms with Crippen molar-refractivity contribution in [3.63, 3.8) is 0 Å². The maximum Gasteiger partial charge on any atom is 0.318 e. The van der Waals surface area contributed by atoms with Crippen LogP contribution in [0.2, 0.25) is 0 Å². The number of hydrogen-bond donors (Lipinski definition) is 2. The Morgan fingerprint density at radius 1 is 1.27 bits per heavy atom. The monoisotopic (exact) mass is 303 g/mol. The highest BCUT2D eigenvalue weighted by Crippen LogP contribution is 2.24. The summed E-state index contributed by atoms with van der Waals surface area (Å²) in [5.41, 5.74) is 7.83. The number of carbonyl (C=O) groups excluding carboxylic acids is 2. The van der Waals surface area contributed by atoms with E-state index in [9.17, 15) is 9.59 Å². The lowest BCUT2D eigenvalue weighted by Crippen LogP contribution is -2.43. The third kappa shape index (κ3) is 4.56. The van der Waals surface area contributed by atoms with Crippen molar-refractivity contribution in [2.45, 2.75) is 45.1 Å². The summed E-state index contributed by atoms with van der Waals surface area (Å²) < 4.78 is 0. The van der Waals surface area contributed by atoms with Crippen LogP contribution in [0.5, 0.6) is 0 Å². The lowest BCUT2D eigenvalue weighted by molar-refractivity contribution is -0.120. The molecule has 5 nitrogen and oxygen atoms in total. The first-order valence-electron chi connectivity index (χ1n) is 8.00. The summed E-state index contributed by atoms with van der Waals surface area (Å²) in [7, 11) is 0. The minimum absolute atomic E-state index is 0.301. The Balaban J connectivity index is 1.94. The summed E-state index contributed by atoms with van der Waals surface area (Å²) in [5.74, 6) is -0.301. The summed E-state index contributed by atoms with van der Waals surface area (Å²) in [6, 6.07) is 8.28. The Hall–Kier alpha value is -1.88. The van der Waals surface area contributed by atoms with E-state index >= 15 is 0 Å². The first-order valence-corrected chi connectivity index (χ1v) is 8.00. The van der Waals surface area contributed by atoms with Crippen LogP contribution in [0.4, 0.5) is 4.79 Å². The highest BCUT2D eigenvalue weighted by atomic mass is 16.2. The van der Waals surface area contributed by atoms with E-state index in [1.807, 2.05) is 0 Å². The second-order valence-electron chi connectivity index (χ2n) is 5.86. The topological polar surface area (TPSA) is 75.4 Å². The van der Waals surface area contributed by atoms with Crippen LogP contribution < -0.4 is 11.1 Å². The second kappa shape index (κ2) is 7.94. The summed E-state index contributed by atoms with van der Waals surface area (Å²) in [5, 5.41) is 2.13. The van der Waals surface area contributed by atoms with Crippen molar-refractivity contribution in [2.75, 3.05) is 13.1 Å². The van der Waals surface area contributed by atoms with Crippen LogP contribution in [0.1, 0.15) is 37.3 Å². The Labute approximate surface area is 131 Å². The zero-order valence-electron chi connectivity index (χ0n) is 13.2. The van der Waals surface area contributed by atoms with E-state index in [1.54, 1.807) is 0 Å². The summed E-state index contributed by atoms with van der Waals surface area (Å²) in [4.78, 5) is 24.7. The lowest BCUT2D eigenvalue weighted by atomic mass is 9.87. The van der Waals surface area contributed by atoms with Crippen LogP contribution >= 0.6 is 0 Å². The van der Waals surface area contributed by atoms with E-state index < -0.39 is 6.03 Å². The fraction of sp³-hybridized carbons (Fsp3) is 0.529. The summed E-state index contributed by atoms with van der Waals surface area (Å²) in [6.07, 6.45) is 4.60. The van der Waals surface area contributed by atoms with Crippen molar-refractivity contribution in [3.05, 3.63) is 35.4 Å². The Morgan fingerprint density at radius 2 is 2.00 bits per heavy atom. The molecule has 1 aromatic carbocycles. The number of carbonyl (C=O) groups is 2. The number of urea groups is 1. The first-order chi connectivity index (χ1) is 10.6. The second-order valence-corrected chi connectivity index (χ2v) is 5.86. The van der Waals surface area contributed by atoms with Crippen LogP contribution in [-0.2, 0) is 17.6 Å². The van der Waals surface area contributed by atoms with Crippen LogP contribution in [0, 0.1) is 0 Å². The number of benzene rings is 1. The average Bonchev–Trinajstić information content (AvgIpc) is 2.50. The molecule has 0 spiro atoms. The molecule has 1 aliphatic rings. The molecule has 3 amide bonds. The molecule has 0 aromatic heterocycles. The third-order valence-electron chi connectivity index (χ3n) is 4.24. The quantitative estimate of drug-likeness (QED) is 0.842. The lowest BCUT2D eigenvalue weighted by Gasteiger charge is -2.35. The van der Waals surface area contributed by atoms with Crippen molar-refractivity contribution in [2.24, 2.45) is 5.73 Å². The van der Waals surface area contributed by atoms with E-state index in [0.717, 1.165) is 32.2 Å². The fourth-order valence-electron chi connectivity index (χ4n) is 3.20. The van der Waals surface area contributed by atoms with Gasteiger partial charge in [-0.25, -0.2) is 4.79 Å². The molecule has 0 saturated heterocycles. The molecule has 1 aromatic rings. The third-order valence-corrected chi connectivity index (χ3v) is 4.24. The molecule has 1 unspecified atom stereocenters. The Kier molecular flexibility index (Phi) is 5.95. The zero-order chi connectivity index (χ0) is 15.9. The van der Waals surface area contributed by atoms with Crippen LogP contribution in [0.25, 0.3) is 0 Å². The van der Waals surface area contributed by atoms with Gasteiger partial charge in [0.1, 0.15) is 0 Å². The molecule has 3 N–H and O–H groups in total. The number of aryl methyl sites for hydroxylation is 1. The van der Waals surface area contributed by atoms with Gasteiger partial charge in [0.2, 0.25) is 5.91 Å². The van der Waals surface area contributed by atoms with Crippen LogP contribution in [-0.4, -0.2) is 36.0 Å². The Bertz CT molecular complexity index is 530. The number of primary amides is 1. The molecule has 120 valence electrons. The smallest absolute Gasteiger partial charge is 0.318 e. The van der Waals surface area contributed by atoms with Gasteiger partial charge in [-0.1, -0.05) is 31.2 Å². The summed E-state index contributed by atoms with van der Waals surface area (Å²) >= 11 is 0. The van der Waals surface area contributed by atoms with Gasteiger partial charge in [-0.05, 0) is 43.4 Å². The van der Waals surface area contributed by atoms with Gasteiger partial charge < -0.3 is 5.73 Å². The van der Waals surface area contributed by atoms with Crippen molar-refractivity contribution in [1.82, 2.24) is 10.2 Å². The molecule has 0 heterocycles. The van der Waals surface area contributed by atoms with Gasteiger partial charge in [0.05, 0.1) is 0 Å². The molecule has 1 aliphatic carbocycles. The summed E-state index contributed by atoms with van der Waals surface area (Å²) in [6.45, 7) is 3.78. The van der Waals surface area contributed by atoms with Gasteiger partial charge >= 0.3 is 6.03 Å². The molecule has 0 bridgehead atoms. The van der Waals surface area contributed by atoms with Crippen LogP contribution in [0.3, 0.4) is 0 Å². The molecule has 0 fully saturated rings. The highest BCUT2D eigenvalue weighted by molar-refractivity contribution is 5.93. The molecule has 0 aliphatic heterocycles. The predicted octanol–water partition coefficient (Wildman–Crippen LogP) is 1.84. The number of amides is 3. The highest BCUT2D eigenvalue weighted by Gasteiger charge is 2.24. The van der Waals surface area contributed by atoms with Gasteiger partial charge in [0.25, 0.3) is 0 Å². The molecular formula is C17H25N3O2. The van der Waals surface area contributed by atoms with E-state index in [-0.39, 0.29) is 5.91 Å². The van der Waals surface area contributed by atoms with Gasteiger partial charge in [0, 0.05) is 19.0 Å². The minimum atomic E-state index is -0.779. The first kappa shape index (κ1) is 16.5. The van der Waals surface area contributed by atoms with E-state index in [4.69, 9.17) is 5.73 Å². The molecule has 0 saturated carbocycles. The maximum absolute atomic E-state index is 11.6. The van der Waals surface area contributed by atoms with Crippen molar-refractivity contribution in [3.8, 4) is 0 Å². The van der Waals surface area contributed by atoms with Gasteiger partial charge in [-0.3, -0.25) is 15.0 Å². The number of nitrogens with two attached hydrogens (primary N) is 1. The standard InChI is InChI=1S/C17H25N3O2/c1-2-10-20(11-9-16(21)19-17(18)22)15-8-7-13-5-3-4-6-14(13)12-15/h3-6,15H,2,7-12H2,1H3,(H3,18,19,21,22). The van der Waals surface area contributed by atoms with E-state index in [1.165, 1.54) is 11.1 Å². The van der Waals surface area contributed by atoms with Gasteiger partial charge in [-0.15, -0.1) is 0 Å². The minimum Gasteiger partial charge on any atom is -0.351 e. The molecule has 0 radical (unpaired) electrons. The number of imide groups is 1.